The Balaban J connectivity index is 1.95. The van der Waals surface area contributed by atoms with Gasteiger partial charge in [-0.1, -0.05) is 36.4 Å². The summed E-state index contributed by atoms with van der Waals surface area (Å²) in [5.41, 5.74) is 1.74. The zero-order chi connectivity index (χ0) is 13.9. The van der Waals surface area contributed by atoms with Gasteiger partial charge in [-0.3, -0.25) is 4.79 Å². The first-order chi connectivity index (χ1) is 9.77. The molecule has 0 N–H and O–H groups in total. The van der Waals surface area contributed by atoms with Crippen molar-refractivity contribution in [2.24, 2.45) is 5.92 Å². The number of rotatable bonds is 4. The van der Waals surface area contributed by atoms with Crippen LogP contribution in [-0.4, -0.2) is 11.9 Å². The molecule has 1 atom stereocenters. The highest BCUT2D eigenvalue weighted by molar-refractivity contribution is 6.06. The normalized spacial score (nSPS) is 15.7. The number of benzene rings is 2. The molecular weight excluding hydrogens is 246 g/mol. The fraction of sp³-hybridized carbons (Fsp3) is 0.278. The molecule has 0 aromatic heterocycles. The molecule has 3 rings (SSSR count). The monoisotopic (exact) mass is 265 g/mol. The highest BCUT2D eigenvalue weighted by atomic mass is 16.2. The summed E-state index contributed by atoms with van der Waals surface area (Å²) in [4.78, 5) is 14.8. The number of carbonyl (C=O) groups excluding carboxylic acids is 1. The molecule has 2 aromatic rings. The first kappa shape index (κ1) is 12.9. The Morgan fingerprint density at radius 3 is 2.10 bits per heavy atom. The highest BCUT2D eigenvalue weighted by Gasteiger charge is 2.35. The molecule has 1 fully saturated rings. The van der Waals surface area contributed by atoms with E-state index in [1.54, 1.807) is 0 Å². The van der Waals surface area contributed by atoms with Gasteiger partial charge in [-0.2, -0.15) is 0 Å². The average molecular weight is 265 g/mol. The molecular formula is C18H19NO. The minimum absolute atomic E-state index is 0.0937. The van der Waals surface area contributed by atoms with E-state index in [4.69, 9.17) is 0 Å². The van der Waals surface area contributed by atoms with Crippen LogP contribution in [0.2, 0.25) is 0 Å². The molecule has 0 bridgehead atoms. The van der Waals surface area contributed by atoms with E-state index in [2.05, 4.69) is 6.92 Å². The summed E-state index contributed by atoms with van der Waals surface area (Å²) in [5.74, 6) is 0.735. The standard InChI is InChI=1S/C18H19NO/c1-14(15-12-13-15)19(17-10-6-3-7-11-17)18(20)16-8-4-2-5-9-16/h2-11,14-15H,12-13H2,1H3/t14-/m0/s1. The van der Waals surface area contributed by atoms with Crippen molar-refractivity contribution in [1.82, 2.24) is 0 Å². The fourth-order valence-corrected chi connectivity index (χ4v) is 2.64. The predicted octanol–water partition coefficient (Wildman–Crippen LogP) is 4.13. The number of nitrogens with zero attached hydrogens (tertiary/aromatic N) is 1. The van der Waals surface area contributed by atoms with Crippen LogP contribution in [-0.2, 0) is 0 Å². The maximum absolute atomic E-state index is 12.8. The quantitative estimate of drug-likeness (QED) is 0.814. The first-order valence-electron chi connectivity index (χ1n) is 7.21. The van der Waals surface area contributed by atoms with Crippen LogP contribution < -0.4 is 4.90 Å². The maximum Gasteiger partial charge on any atom is 0.258 e. The zero-order valence-corrected chi connectivity index (χ0v) is 11.7. The third kappa shape index (κ3) is 2.60. The number of amides is 1. The van der Waals surface area contributed by atoms with Gasteiger partial charge >= 0.3 is 0 Å². The van der Waals surface area contributed by atoms with Gasteiger partial charge < -0.3 is 4.90 Å². The molecule has 0 aliphatic heterocycles. The molecule has 2 nitrogen and oxygen atoms in total. The van der Waals surface area contributed by atoms with Crippen molar-refractivity contribution >= 4 is 11.6 Å². The molecule has 1 amide bonds. The van der Waals surface area contributed by atoms with Crippen molar-refractivity contribution in [2.45, 2.75) is 25.8 Å². The third-order valence-corrected chi connectivity index (χ3v) is 3.99. The van der Waals surface area contributed by atoms with E-state index < -0.39 is 0 Å². The lowest BCUT2D eigenvalue weighted by atomic mass is 10.1. The molecule has 20 heavy (non-hydrogen) atoms. The van der Waals surface area contributed by atoms with E-state index in [-0.39, 0.29) is 11.9 Å². The van der Waals surface area contributed by atoms with E-state index in [0.29, 0.717) is 5.92 Å². The SMILES string of the molecule is C[C@@H](C1CC1)N(C(=O)c1ccccc1)c1ccccc1. The number of para-hydroxylation sites is 1. The summed E-state index contributed by atoms with van der Waals surface area (Å²) in [7, 11) is 0. The second-order valence-electron chi connectivity index (χ2n) is 5.45. The van der Waals surface area contributed by atoms with Crippen molar-refractivity contribution in [3.63, 3.8) is 0 Å². The predicted molar refractivity (Wildman–Crippen MR) is 81.9 cm³/mol. The molecule has 102 valence electrons. The Hall–Kier alpha value is -2.09. The molecule has 2 heteroatoms. The number of hydrogen-bond donors (Lipinski definition) is 0. The summed E-state index contributed by atoms with van der Waals surface area (Å²) in [5, 5.41) is 0. The Morgan fingerprint density at radius 2 is 1.55 bits per heavy atom. The van der Waals surface area contributed by atoms with Crippen LogP contribution in [0.1, 0.15) is 30.1 Å². The summed E-state index contributed by atoms with van der Waals surface area (Å²) in [6.07, 6.45) is 2.46. The summed E-state index contributed by atoms with van der Waals surface area (Å²) in [6, 6.07) is 19.8. The van der Waals surface area contributed by atoms with Gasteiger partial charge in [-0.25, -0.2) is 0 Å². The van der Waals surface area contributed by atoms with Crippen LogP contribution in [0.3, 0.4) is 0 Å². The van der Waals surface area contributed by atoms with Gasteiger partial charge in [0.25, 0.3) is 5.91 Å². The second kappa shape index (κ2) is 5.49. The largest absolute Gasteiger partial charge is 0.305 e. The zero-order valence-electron chi connectivity index (χ0n) is 11.7. The van der Waals surface area contributed by atoms with Crippen LogP contribution in [0, 0.1) is 5.92 Å². The fourth-order valence-electron chi connectivity index (χ4n) is 2.64. The van der Waals surface area contributed by atoms with Crippen molar-refractivity contribution in [3.8, 4) is 0 Å². The maximum atomic E-state index is 12.8. The van der Waals surface area contributed by atoms with E-state index in [0.717, 1.165) is 11.3 Å². The summed E-state index contributed by atoms with van der Waals surface area (Å²) < 4.78 is 0. The molecule has 0 spiro atoms. The van der Waals surface area contributed by atoms with Crippen molar-refractivity contribution in [1.29, 1.82) is 0 Å². The minimum atomic E-state index is 0.0937. The van der Waals surface area contributed by atoms with E-state index in [1.165, 1.54) is 12.8 Å². The van der Waals surface area contributed by atoms with Crippen LogP contribution >= 0.6 is 0 Å². The van der Waals surface area contributed by atoms with Crippen molar-refractivity contribution in [3.05, 3.63) is 66.2 Å². The lowest BCUT2D eigenvalue weighted by Crippen LogP contribution is -2.40. The Morgan fingerprint density at radius 1 is 1.00 bits per heavy atom. The van der Waals surface area contributed by atoms with Crippen LogP contribution in [0.4, 0.5) is 5.69 Å². The van der Waals surface area contributed by atoms with E-state index in [9.17, 15) is 4.79 Å². The Kier molecular flexibility index (Phi) is 3.55. The van der Waals surface area contributed by atoms with Gasteiger partial charge in [0.2, 0.25) is 0 Å². The molecule has 0 radical (unpaired) electrons. The summed E-state index contributed by atoms with van der Waals surface area (Å²) >= 11 is 0. The van der Waals surface area contributed by atoms with Gasteiger partial charge in [-0.15, -0.1) is 0 Å². The van der Waals surface area contributed by atoms with Crippen LogP contribution in [0.5, 0.6) is 0 Å². The van der Waals surface area contributed by atoms with E-state index in [1.807, 2.05) is 65.6 Å². The third-order valence-electron chi connectivity index (χ3n) is 3.99. The Bertz CT molecular complexity index is 575. The minimum Gasteiger partial charge on any atom is -0.305 e. The van der Waals surface area contributed by atoms with Gasteiger partial charge in [0.15, 0.2) is 0 Å². The smallest absolute Gasteiger partial charge is 0.258 e. The van der Waals surface area contributed by atoms with Crippen LogP contribution in [0.15, 0.2) is 60.7 Å². The van der Waals surface area contributed by atoms with Gasteiger partial charge in [-0.05, 0) is 49.9 Å². The molecule has 0 heterocycles. The molecule has 1 saturated carbocycles. The number of hydrogen-bond acceptors (Lipinski definition) is 1. The Labute approximate surface area is 120 Å². The van der Waals surface area contributed by atoms with E-state index >= 15 is 0 Å². The average Bonchev–Trinajstić information content (AvgIpc) is 3.34. The number of carbonyl (C=O) groups is 1. The lowest BCUT2D eigenvalue weighted by molar-refractivity contribution is 0.0975. The molecule has 1 aliphatic rings. The summed E-state index contributed by atoms with van der Waals surface area (Å²) in [6.45, 7) is 2.16. The molecule has 1 aliphatic carbocycles. The van der Waals surface area contributed by atoms with Crippen molar-refractivity contribution in [2.75, 3.05) is 4.90 Å². The second-order valence-corrected chi connectivity index (χ2v) is 5.45. The topological polar surface area (TPSA) is 20.3 Å². The molecule has 2 aromatic carbocycles. The van der Waals surface area contributed by atoms with Gasteiger partial charge in [0.05, 0.1) is 0 Å². The number of anilines is 1. The lowest BCUT2D eigenvalue weighted by Gasteiger charge is -2.29. The van der Waals surface area contributed by atoms with Crippen LogP contribution in [0.25, 0.3) is 0 Å². The van der Waals surface area contributed by atoms with Gasteiger partial charge in [0, 0.05) is 17.3 Å². The highest BCUT2D eigenvalue weighted by Crippen LogP contribution is 2.37. The first-order valence-corrected chi connectivity index (χ1v) is 7.21. The van der Waals surface area contributed by atoms with Gasteiger partial charge in [0.1, 0.15) is 0 Å². The van der Waals surface area contributed by atoms with Crippen molar-refractivity contribution < 1.29 is 4.79 Å². The molecule has 0 saturated heterocycles. The molecule has 0 unspecified atom stereocenters.